The molecular weight excluding hydrogens is 347 g/mol. The van der Waals surface area contributed by atoms with E-state index in [1.807, 2.05) is 24.3 Å². The molecule has 1 aromatic carbocycles. The van der Waals surface area contributed by atoms with Crippen LogP contribution in [-0.2, 0) is 6.54 Å². The molecule has 1 fully saturated rings. The zero-order valence-electron chi connectivity index (χ0n) is 13.9. The van der Waals surface area contributed by atoms with Crippen LogP contribution in [0.4, 0.5) is 0 Å². The van der Waals surface area contributed by atoms with Crippen LogP contribution in [0.5, 0.6) is 0 Å². The largest absolute Gasteiger partial charge is 0.338 e. The van der Waals surface area contributed by atoms with Gasteiger partial charge in [0.1, 0.15) is 0 Å². The van der Waals surface area contributed by atoms with Crippen molar-refractivity contribution in [2.45, 2.75) is 38.8 Å². The van der Waals surface area contributed by atoms with Crippen molar-refractivity contribution in [1.82, 2.24) is 20.4 Å². The maximum absolute atomic E-state index is 6.03. The predicted molar refractivity (Wildman–Crippen MR) is 98.6 cm³/mol. The fourth-order valence-electron chi connectivity index (χ4n) is 3.09. The molecule has 132 valence electrons. The Morgan fingerprint density at radius 1 is 1.33 bits per heavy atom. The first-order chi connectivity index (χ1) is 11.3. The SMILES string of the molecule is CCCN(Cc1nc(-c2cccc(Cl)c2)no1)C1CCNCC1.Cl. The summed E-state index contributed by atoms with van der Waals surface area (Å²) in [5, 5.41) is 8.19. The molecule has 2 aromatic rings. The summed E-state index contributed by atoms with van der Waals surface area (Å²) in [7, 11) is 0. The summed E-state index contributed by atoms with van der Waals surface area (Å²) >= 11 is 6.03. The minimum Gasteiger partial charge on any atom is -0.338 e. The van der Waals surface area contributed by atoms with Gasteiger partial charge in [-0.1, -0.05) is 35.8 Å². The number of hydrogen-bond acceptors (Lipinski definition) is 5. The van der Waals surface area contributed by atoms with Crippen LogP contribution in [0.1, 0.15) is 32.1 Å². The topological polar surface area (TPSA) is 54.2 Å². The minimum absolute atomic E-state index is 0. The summed E-state index contributed by atoms with van der Waals surface area (Å²) in [6.45, 7) is 6.15. The minimum atomic E-state index is 0. The molecule has 5 nitrogen and oxygen atoms in total. The van der Waals surface area contributed by atoms with Gasteiger partial charge < -0.3 is 9.84 Å². The first-order valence-electron chi connectivity index (χ1n) is 8.29. The van der Waals surface area contributed by atoms with E-state index in [0.717, 1.165) is 31.6 Å². The molecule has 1 aromatic heterocycles. The van der Waals surface area contributed by atoms with Gasteiger partial charge in [0.25, 0.3) is 0 Å². The standard InChI is InChI=1S/C17H23ClN4O.ClH/c1-2-10-22(15-6-8-19-9-7-15)12-16-20-17(21-23-16)13-4-3-5-14(18)11-13;/h3-5,11,15,19H,2,6-10,12H2,1H3;1H. The number of nitrogens with zero attached hydrogens (tertiary/aromatic N) is 3. The molecule has 24 heavy (non-hydrogen) atoms. The van der Waals surface area contributed by atoms with Gasteiger partial charge in [-0.25, -0.2) is 0 Å². The Hall–Kier alpha value is -1.14. The maximum Gasteiger partial charge on any atom is 0.241 e. The van der Waals surface area contributed by atoms with Gasteiger partial charge in [-0.05, 0) is 51.0 Å². The zero-order chi connectivity index (χ0) is 16.1. The Bertz CT molecular complexity index is 629. The first kappa shape index (κ1) is 19.2. The lowest BCUT2D eigenvalue weighted by Crippen LogP contribution is -2.43. The van der Waals surface area contributed by atoms with Crippen LogP contribution >= 0.6 is 24.0 Å². The highest BCUT2D eigenvalue weighted by Gasteiger charge is 2.22. The molecule has 0 aliphatic carbocycles. The van der Waals surface area contributed by atoms with Crippen molar-refractivity contribution in [3.05, 3.63) is 35.2 Å². The third kappa shape index (κ3) is 4.93. The Morgan fingerprint density at radius 2 is 2.12 bits per heavy atom. The summed E-state index contributed by atoms with van der Waals surface area (Å²) < 4.78 is 5.47. The van der Waals surface area contributed by atoms with E-state index in [4.69, 9.17) is 16.1 Å². The zero-order valence-corrected chi connectivity index (χ0v) is 15.4. The van der Waals surface area contributed by atoms with Crippen molar-refractivity contribution in [1.29, 1.82) is 0 Å². The van der Waals surface area contributed by atoms with Crippen molar-refractivity contribution < 1.29 is 4.52 Å². The van der Waals surface area contributed by atoms with Gasteiger partial charge in [-0.3, -0.25) is 4.90 Å². The summed E-state index contributed by atoms with van der Waals surface area (Å²) in [6.07, 6.45) is 3.48. The third-order valence-corrected chi connectivity index (χ3v) is 4.46. The molecule has 1 saturated heterocycles. The molecule has 3 rings (SSSR count). The Balaban J connectivity index is 0.00000208. The Kier molecular flexibility index (Phi) is 7.49. The number of rotatable bonds is 6. The van der Waals surface area contributed by atoms with Crippen molar-refractivity contribution in [2.75, 3.05) is 19.6 Å². The third-order valence-electron chi connectivity index (χ3n) is 4.23. The van der Waals surface area contributed by atoms with E-state index in [-0.39, 0.29) is 12.4 Å². The predicted octanol–water partition coefficient (Wildman–Crippen LogP) is 3.78. The molecule has 0 bridgehead atoms. The highest BCUT2D eigenvalue weighted by atomic mass is 35.5. The normalized spacial score (nSPS) is 15.5. The van der Waals surface area contributed by atoms with Gasteiger partial charge in [0.05, 0.1) is 6.54 Å². The molecule has 1 N–H and O–H groups in total. The molecule has 1 aliphatic heterocycles. The number of benzene rings is 1. The summed E-state index contributed by atoms with van der Waals surface area (Å²) in [4.78, 5) is 7.01. The maximum atomic E-state index is 6.03. The van der Waals surface area contributed by atoms with E-state index in [2.05, 4.69) is 27.3 Å². The smallest absolute Gasteiger partial charge is 0.241 e. The second-order valence-electron chi connectivity index (χ2n) is 5.97. The van der Waals surface area contributed by atoms with Gasteiger partial charge in [0.15, 0.2) is 0 Å². The molecular formula is C17H24Cl2N4O. The van der Waals surface area contributed by atoms with Crippen LogP contribution in [0, 0.1) is 0 Å². The van der Waals surface area contributed by atoms with Crippen LogP contribution in [-0.4, -0.2) is 40.7 Å². The van der Waals surface area contributed by atoms with E-state index in [0.29, 0.717) is 29.3 Å². The van der Waals surface area contributed by atoms with Crippen molar-refractivity contribution in [3.8, 4) is 11.4 Å². The number of nitrogens with one attached hydrogen (secondary N) is 1. The van der Waals surface area contributed by atoms with Gasteiger partial charge in [0.2, 0.25) is 11.7 Å². The van der Waals surface area contributed by atoms with E-state index in [9.17, 15) is 0 Å². The quantitative estimate of drug-likeness (QED) is 0.838. The fourth-order valence-corrected chi connectivity index (χ4v) is 3.28. The van der Waals surface area contributed by atoms with Crippen molar-refractivity contribution in [2.24, 2.45) is 0 Å². The molecule has 1 aliphatic rings. The first-order valence-corrected chi connectivity index (χ1v) is 8.67. The average Bonchev–Trinajstić information content (AvgIpc) is 3.04. The molecule has 7 heteroatoms. The summed E-state index contributed by atoms with van der Waals surface area (Å²) in [5.74, 6) is 1.27. The average molecular weight is 371 g/mol. The molecule has 0 spiro atoms. The van der Waals surface area contributed by atoms with Crippen LogP contribution in [0.3, 0.4) is 0 Å². The Labute approximate surface area is 154 Å². The van der Waals surface area contributed by atoms with Crippen LogP contribution in [0.15, 0.2) is 28.8 Å². The van der Waals surface area contributed by atoms with E-state index >= 15 is 0 Å². The van der Waals surface area contributed by atoms with Gasteiger partial charge in [0, 0.05) is 16.6 Å². The molecule has 0 saturated carbocycles. The highest BCUT2D eigenvalue weighted by Crippen LogP contribution is 2.21. The molecule has 2 heterocycles. The summed E-state index contributed by atoms with van der Waals surface area (Å²) in [5.41, 5.74) is 0.886. The van der Waals surface area contributed by atoms with Crippen LogP contribution in [0.2, 0.25) is 5.02 Å². The number of halogens is 2. The van der Waals surface area contributed by atoms with E-state index in [1.54, 1.807) is 0 Å². The van der Waals surface area contributed by atoms with Gasteiger partial charge in [-0.15, -0.1) is 12.4 Å². The van der Waals surface area contributed by atoms with Crippen LogP contribution in [0.25, 0.3) is 11.4 Å². The highest BCUT2D eigenvalue weighted by molar-refractivity contribution is 6.30. The van der Waals surface area contributed by atoms with E-state index in [1.165, 1.54) is 12.8 Å². The van der Waals surface area contributed by atoms with Crippen molar-refractivity contribution in [3.63, 3.8) is 0 Å². The lowest BCUT2D eigenvalue weighted by atomic mass is 10.0. The number of piperidine rings is 1. The summed E-state index contributed by atoms with van der Waals surface area (Å²) in [6, 6.07) is 8.13. The molecule has 0 atom stereocenters. The van der Waals surface area contributed by atoms with Crippen LogP contribution < -0.4 is 5.32 Å². The molecule has 0 unspecified atom stereocenters. The Morgan fingerprint density at radius 3 is 2.83 bits per heavy atom. The number of aromatic nitrogens is 2. The second kappa shape index (κ2) is 9.37. The molecule has 0 radical (unpaired) electrons. The lowest BCUT2D eigenvalue weighted by Gasteiger charge is -2.33. The second-order valence-corrected chi connectivity index (χ2v) is 6.41. The van der Waals surface area contributed by atoms with Gasteiger partial charge in [-0.2, -0.15) is 4.98 Å². The van der Waals surface area contributed by atoms with Gasteiger partial charge >= 0.3 is 0 Å². The number of hydrogen-bond donors (Lipinski definition) is 1. The monoisotopic (exact) mass is 370 g/mol. The lowest BCUT2D eigenvalue weighted by molar-refractivity contribution is 0.137. The fraction of sp³-hybridized carbons (Fsp3) is 0.529. The van der Waals surface area contributed by atoms with Crippen molar-refractivity contribution >= 4 is 24.0 Å². The molecule has 0 amide bonds. The van der Waals surface area contributed by atoms with E-state index < -0.39 is 0 Å².